The van der Waals surface area contributed by atoms with Gasteiger partial charge in [0, 0.05) is 18.0 Å². The molecule has 0 radical (unpaired) electrons. The predicted octanol–water partition coefficient (Wildman–Crippen LogP) is 8.16. The van der Waals surface area contributed by atoms with Gasteiger partial charge in [0.05, 0.1) is 6.26 Å². The van der Waals surface area contributed by atoms with Crippen molar-refractivity contribution in [2.24, 2.45) is 5.92 Å². The summed E-state index contributed by atoms with van der Waals surface area (Å²) < 4.78 is 5.70. The number of aromatic nitrogens is 2. The molecule has 3 nitrogen and oxygen atoms in total. The lowest BCUT2D eigenvalue weighted by Crippen LogP contribution is -1.95. The Hall–Kier alpha value is -2.16. The molecule has 0 N–H and O–H groups in total. The topological polar surface area (TPSA) is 35.0 Å². The molecule has 0 bridgehead atoms. The summed E-state index contributed by atoms with van der Waals surface area (Å²) in [5.41, 5.74) is 2.24. The maximum Gasteiger partial charge on any atom is 0.159 e. The normalized spacial score (nSPS) is 12.4. The van der Waals surface area contributed by atoms with E-state index >= 15 is 0 Å². The molecule has 0 unspecified atom stereocenters. The fourth-order valence-corrected chi connectivity index (χ4v) is 3.40. The molecule has 1 aromatic carbocycles. The van der Waals surface area contributed by atoms with E-state index in [0.717, 1.165) is 35.9 Å². The van der Waals surface area contributed by atoms with Crippen LogP contribution in [0.1, 0.15) is 90.5 Å². The first kappa shape index (κ1) is 24.1. The number of hydrogen-bond donors (Lipinski definition) is 0. The molecule has 0 aliphatic carbocycles. The summed E-state index contributed by atoms with van der Waals surface area (Å²) in [6, 6.07) is 8.00. The minimum Gasteiger partial charge on any atom is -0.465 e. The van der Waals surface area contributed by atoms with Crippen LogP contribution in [0.2, 0.25) is 0 Å². The summed E-state index contributed by atoms with van der Waals surface area (Å²) in [5, 5.41) is 0. The Balaban J connectivity index is 1.72. The van der Waals surface area contributed by atoms with E-state index in [0.29, 0.717) is 0 Å². The molecule has 0 saturated heterocycles. The van der Waals surface area contributed by atoms with Crippen LogP contribution >= 0.6 is 0 Å². The Kier molecular flexibility index (Phi) is 11.9. The van der Waals surface area contributed by atoms with Crippen LogP contribution in [0.5, 0.6) is 5.75 Å². The third kappa shape index (κ3) is 9.56. The van der Waals surface area contributed by atoms with Gasteiger partial charge in [-0.25, -0.2) is 9.97 Å². The number of benzene rings is 1. The van der Waals surface area contributed by atoms with Crippen molar-refractivity contribution in [3.63, 3.8) is 0 Å². The van der Waals surface area contributed by atoms with Crippen molar-refractivity contribution in [1.29, 1.82) is 0 Å². The molecule has 0 aliphatic rings. The lowest BCUT2D eigenvalue weighted by atomic mass is 10.00. The summed E-state index contributed by atoms with van der Waals surface area (Å²) in [4.78, 5) is 9.12. The van der Waals surface area contributed by atoms with Crippen LogP contribution in [-0.4, -0.2) is 9.97 Å². The van der Waals surface area contributed by atoms with Crippen molar-refractivity contribution < 1.29 is 4.74 Å². The highest BCUT2D eigenvalue weighted by Gasteiger charge is 2.03. The summed E-state index contributed by atoms with van der Waals surface area (Å²) >= 11 is 0. The van der Waals surface area contributed by atoms with E-state index in [2.05, 4.69) is 36.8 Å². The second-order valence-corrected chi connectivity index (χ2v) is 8.39. The number of allylic oxidation sites excluding steroid dienone is 1. The number of unbranched alkanes of at least 4 members (excludes halogenated alkanes) is 6. The van der Waals surface area contributed by atoms with Crippen LogP contribution in [-0.2, 0) is 6.42 Å². The van der Waals surface area contributed by atoms with E-state index in [9.17, 15) is 0 Å². The standard InChI is InChI=1S/C27H40N2O/c1-4-6-7-8-9-10-13-20-30-26-18-16-25(17-19-26)27-28-21-24(22-29-27)15-12-11-14-23(3)5-2/h13,16-23H,4-12,14-15H2,1-3H3/b20-13+/t23-/m0/s1. The van der Waals surface area contributed by atoms with Gasteiger partial charge in [-0.1, -0.05) is 65.7 Å². The third-order valence-electron chi connectivity index (χ3n) is 5.70. The van der Waals surface area contributed by atoms with Crippen molar-refractivity contribution in [3.8, 4) is 17.1 Å². The smallest absolute Gasteiger partial charge is 0.159 e. The first-order valence-corrected chi connectivity index (χ1v) is 12.0. The SMILES string of the molecule is CCCCCCC/C=C/Oc1ccc(-c2ncc(CCCC[C@@H](C)CC)cn2)cc1. The largest absolute Gasteiger partial charge is 0.465 e. The molecule has 0 spiro atoms. The van der Waals surface area contributed by atoms with Gasteiger partial charge in [-0.15, -0.1) is 0 Å². The van der Waals surface area contributed by atoms with E-state index in [1.54, 1.807) is 6.26 Å². The second-order valence-electron chi connectivity index (χ2n) is 8.39. The molecule has 0 aliphatic heterocycles. The van der Waals surface area contributed by atoms with Gasteiger partial charge in [0.1, 0.15) is 5.75 Å². The molecule has 1 atom stereocenters. The average molecular weight is 409 g/mol. The Morgan fingerprint density at radius 2 is 1.63 bits per heavy atom. The lowest BCUT2D eigenvalue weighted by molar-refractivity contribution is 0.477. The number of ether oxygens (including phenoxy) is 1. The minimum absolute atomic E-state index is 0.771. The summed E-state index contributed by atoms with van der Waals surface area (Å²) in [7, 11) is 0. The number of hydrogen-bond acceptors (Lipinski definition) is 3. The van der Waals surface area contributed by atoms with Crippen LogP contribution in [0.25, 0.3) is 11.4 Å². The molecule has 0 amide bonds. The molecule has 0 fully saturated rings. The second kappa shape index (κ2) is 14.8. The highest BCUT2D eigenvalue weighted by Crippen LogP contribution is 2.20. The van der Waals surface area contributed by atoms with Gasteiger partial charge in [-0.2, -0.15) is 0 Å². The molecule has 2 aromatic rings. The number of nitrogens with zero attached hydrogens (tertiary/aromatic N) is 2. The summed E-state index contributed by atoms with van der Waals surface area (Å²) in [6.07, 6.45) is 21.6. The van der Waals surface area contributed by atoms with E-state index in [-0.39, 0.29) is 0 Å². The summed E-state index contributed by atoms with van der Waals surface area (Å²) in [6.45, 7) is 6.85. The first-order valence-electron chi connectivity index (χ1n) is 12.0. The molecule has 164 valence electrons. The molecule has 1 aromatic heterocycles. The molecule has 0 saturated carbocycles. The number of aryl methyl sites for hydroxylation is 1. The van der Waals surface area contributed by atoms with Crippen LogP contribution < -0.4 is 4.74 Å². The quantitative estimate of drug-likeness (QED) is 0.220. The van der Waals surface area contributed by atoms with Crippen molar-refractivity contribution >= 4 is 0 Å². The van der Waals surface area contributed by atoms with Gasteiger partial charge in [-0.3, -0.25) is 0 Å². The highest BCUT2D eigenvalue weighted by molar-refractivity contribution is 5.55. The van der Waals surface area contributed by atoms with Crippen LogP contribution in [0.15, 0.2) is 49.0 Å². The molecule has 30 heavy (non-hydrogen) atoms. The average Bonchev–Trinajstić information content (AvgIpc) is 2.79. The number of rotatable bonds is 15. The van der Waals surface area contributed by atoms with E-state index in [4.69, 9.17) is 4.74 Å². The zero-order valence-corrected chi connectivity index (χ0v) is 19.3. The Morgan fingerprint density at radius 1 is 0.900 bits per heavy atom. The van der Waals surface area contributed by atoms with Gasteiger partial charge in [0.15, 0.2) is 5.82 Å². The van der Waals surface area contributed by atoms with E-state index in [1.807, 2.05) is 36.7 Å². The maximum absolute atomic E-state index is 5.70. The fraction of sp³-hybridized carbons (Fsp3) is 0.556. The van der Waals surface area contributed by atoms with Gasteiger partial charge in [-0.05, 0) is 67.5 Å². The molecule has 2 rings (SSSR count). The Morgan fingerprint density at radius 3 is 2.33 bits per heavy atom. The Bertz CT molecular complexity index is 707. The van der Waals surface area contributed by atoms with Crippen molar-refractivity contribution in [1.82, 2.24) is 9.97 Å². The van der Waals surface area contributed by atoms with Crippen molar-refractivity contribution in [2.45, 2.75) is 91.4 Å². The van der Waals surface area contributed by atoms with Crippen molar-refractivity contribution in [2.75, 3.05) is 0 Å². The third-order valence-corrected chi connectivity index (χ3v) is 5.70. The summed E-state index contributed by atoms with van der Waals surface area (Å²) in [5.74, 6) is 2.45. The van der Waals surface area contributed by atoms with Gasteiger partial charge >= 0.3 is 0 Å². The van der Waals surface area contributed by atoms with Crippen LogP contribution in [0.3, 0.4) is 0 Å². The molecule has 3 heteroatoms. The Labute approximate surface area is 184 Å². The first-order chi connectivity index (χ1) is 14.7. The van der Waals surface area contributed by atoms with Gasteiger partial charge in [0.2, 0.25) is 0 Å². The zero-order chi connectivity index (χ0) is 21.4. The zero-order valence-electron chi connectivity index (χ0n) is 19.3. The van der Waals surface area contributed by atoms with Crippen LogP contribution in [0.4, 0.5) is 0 Å². The lowest BCUT2D eigenvalue weighted by Gasteiger charge is -2.07. The van der Waals surface area contributed by atoms with Gasteiger partial charge in [0.25, 0.3) is 0 Å². The van der Waals surface area contributed by atoms with E-state index < -0.39 is 0 Å². The maximum atomic E-state index is 5.70. The molecule has 1 heterocycles. The van der Waals surface area contributed by atoms with Gasteiger partial charge < -0.3 is 4.74 Å². The van der Waals surface area contributed by atoms with Crippen LogP contribution in [0, 0.1) is 5.92 Å². The highest BCUT2D eigenvalue weighted by atomic mass is 16.5. The van der Waals surface area contributed by atoms with E-state index in [1.165, 1.54) is 63.4 Å². The minimum atomic E-state index is 0.771. The molecular weight excluding hydrogens is 368 g/mol. The predicted molar refractivity (Wildman–Crippen MR) is 128 cm³/mol. The van der Waals surface area contributed by atoms with Crippen molar-refractivity contribution in [3.05, 3.63) is 54.6 Å². The fourth-order valence-electron chi connectivity index (χ4n) is 3.40. The molecular formula is C27H40N2O. The monoisotopic (exact) mass is 408 g/mol.